The molecule has 0 aliphatic carbocycles. The van der Waals surface area contributed by atoms with Crippen molar-refractivity contribution in [3.63, 3.8) is 0 Å². The average molecular weight is 617 g/mol. The summed E-state index contributed by atoms with van der Waals surface area (Å²) in [5.41, 5.74) is 96.9. The van der Waals surface area contributed by atoms with E-state index < -0.39 is 0 Å². The van der Waals surface area contributed by atoms with Gasteiger partial charge in [0.25, 0.3) is 0 Å². The van der Waals surface area contributed by atoms with Crippen molar-refractivity contribution in [2.45, 2.75) is 0 Å². The molecular formula is CH44N40. The van der Waals surface area contributed by atoms with Crippen LogP contribution < -0.4 is 222 Å². The quantitative estimate of drug-likeness (QED) is 0.0174. The number of hydrazine groups is 39. The van der Waals surface area contributed by atoms with Gasteiger partial charge >= 0.3 is 0 Å². The lowest BCUT2D eigenvalue weighted by Crippen LogP contribution is -2.70. The Bertz CT molecular complexity index is 381. The number of hydrogen-bond donors (Lipinski definition) is 40. The zero-order valence-corrected chi connectivity index (χ0v) is 21.1. The molecule has 41 heavy (non-hydrogen) atoms. The van der Waals surface area contributed by atoms with Gasteiger partial charge in [0.1, 0.15) is 0 Å². The first-order valence-corrected chi connectivity index (χ1v) is 10.3. The number of nitrogens with one attached hydrogen (secondary N) is 39. The summed E-state index contributed by atoms with van der Waals surface area (Å²) in [5, 5.41) is 0. The van der Waals surface area contributed by atoms with Crippen LogP contribution in [-0.4, -0.2) is 7.05 Å². The van der Waals surface area contributed by atoms with Crippen molar-refractivity contribution in [1.82, 2.24) is 216 Å². The van der Waals surface area contributed by atoms with Crippen LogP contribution in [-0.2, 0) is 0 Å². The molecule has 248 valence electrons. The van der Waals surface area contributed by atoms with Gasteiger partial charge in [-0.15, -0.1) is 0 Å². The Labute approximate surface area is 229 Å². The van der Waals surface area contributed by atoms with Crippen molar-refractivity contribution in [2.24, 2.45) is 5.84 Å². The van der Waals surface area contributed by atoms with Crippen LogP contribution in [0.25, 0.3) is 0 Å². The second-order valence-corrected chi connectivity index (χ2v) is 5.02. The Morgan fingerprint density at radius 3 is 0.439 bits per heavy atom. The molecule has 0 aliphatic rings. The first-order valence-electron chi connectivity index (χ1n) is 10.3. The standard InChI is InChI=1S/CH44N40/c1-3-5-7-9-11-13-15-17-19-21-23-25-27-29-31-33-35-37-39-41-40-38-36-34-32-30-28-26-24-22-20-18-16-14-12-10-8-6-4-2/h3-41H,2H2,1H3. The minimum Gasteiger partial charge on any atom is -0.257 e. The predicted octanol–water partition coefficient (Wildman–Crippen LogP) is -19.7. The molecule has 40 heteroatoms. The molecule has 0 saturated carbocycles. The van der Waals surface area contributed by atoms with Crippen LogP contribution in [0.5, 0.6) is 0 Å². The Morgan fingerprint density at radius 2 is 0.317 bits per heavy atom. The molecule has 0 atom stereocenters. The van der Waals surface area contributed by atoms with Gasteiger partial charge in [-0.25, -0.2) is 5.43 Å². The molecule has 0 aromatic carbocycles. The molecule has 0 bridgehead atoms. The van der Waals surface area contributed by atoms with Crippen LogP contribution in [0.15, 0.2) is 0 Å². The van der Waals surface area contributed by atoms with Gasteiger partial charge in [0.15, 0.2) is 0 Å². The lowest BCUT2D eigenvalue weighted by Gasteiger charge is -2.16. The fourth-order valence-corrected chi connectivity index (χ4v) is 1.19. The molecule has 40 nitrogen and oxygen atoms in total. The van der Waals surface area contributed by atoms with Crippen molar-refractivity contribution in [3.8, 4) is 0 Å². The minimum atomic E-state index is 1.69. The fraction of sp³-hybridized carbons (Fsp3) is 1.00. The second-order valence-electron chi connectivity index (χ2n) is 5.02. The van der Waals surface area contributed by atoms with E-state index in [-0.39, 0.29) is 0 Å². The highest BCUT2D eigenvalue weighted by Crippen LogP contribution is 1.32. The highest BCUT2D eigenvalue weighted by atomic mass is 16.0. The normalized spacial score (nSPS) is 11.6. The molecule has 0 amide bonds. The van der Waals surface area contributed by atoms with Gasteiger partial charge in [0.05, 0.1) is 0 Å². The molecule has 0 radical (unpaired) electrons. The molecular weight excluding hydrogens is 572 g/mol. The molecule has 0 unspecified atom stereocenters. The zero-order chi connectivity index (χ0) is 29.6. The van der Waals surface area contributed by atoms with Crippen molar-refractivity contribution in [1.29, 1.82) is 0 Å². The maximum atomic E-state index is 4.93. The Balaban J connectivity index is 3.02. The van der Waals surface area contributed by atoms with Gasteiger partial charge in [-0.3, -0.25) is 5.84 Å². The van der Waals surface area contributed by atoms with Crippen LogP contribution >= 0.6 is 0 Å². The minimum absolute atomic E-state index is 1.69. The van der Waals surface area contributed by atoms with Gasteiger partial charge in [0.2, 0.25) is 0 Å². The molecule has 41 N–H and O–H groups in total. The van der Waals surface area contributed by atoms with Crippen molar-refractivity contribution < 1.29 is 0 Å². The molecule has 0 rings (SSSR count). The summed E-state index contributed by atoms with van der Waals surface area (Å²) in [5.74, 6) is 4.93. The predicted molar refractivity (Wildman–Crippen MR) is 132 cm³/mol. The smallest absolute Gasteiger partial charge is 0.000111 e. The SMILES string of the molecule is CNNNNNNNNNNNNNNNNNNNNNNNNNNNNNNNNNNNNNNNN. The fourth-order valence-electron chi connectivity index (χ4n) is 1.19. The third-order valence-corrected chi connectivity index (χ3v) is 2.45. The summed E-state index contributed by atoms with van der Waals surface area (Å²) in [6.07, 6.45) is 0. The third-order valence-electron chi connectivity index (χ3n) is 2.45. The maximum absolute atomic E-state index is 4.93. The second kappa shape index (κ2) is 38.4. The summed E-state index contributed by atoms with van der Waals surface area (Å²) in [6.45, 7) is 0. The molecule has 0 saturated heterocycles. The van der Waals surface area contributed by atoms with E-state index in [1.165, 1.54) is 0 Å². The summed E-state index contributed by atoms with van der Waals surface area (Å²) < 4.78 is 0. The van der Waals surface area contributed by atoms with E-state index in [0.29, 0.717) is 0 Å². The number of nitrogens with two attached hydrogens (primary N) is 1. The summed E-state index contributed by atoms with van der Waals surface area (Å²) in [4.78, 5) is 0. The summed E-state index contributed by atoms with van der Waals surface area (Å²) in [6, 6.07) is 0. The van der Waals surface area contributed by atoms with E-state index in [9.17, 15) is 0 Å². The first-order chi connectivity index (χ1) is 20.4. The molecule has 0 fully saturated rings. The van der Waals surface area contributed by atoms with Gasteiger partial charge in [-0.1, -0.05) is 0 Å². The van der Waals surface area contributed by atoms with Crippen molar-refractivity contribution >= 4 is 0 Å². The molecule has 0 aliphatic heterocycles. The Hall–Kier alpha value is -1.60. The Kier molecular flexibility index (Phi) is 36.9. The van der Waals surface area contributed by atoms with E-state index in [1.54, 1.807) is 7.05 Å². The lowest BCUT2D eigenvalue weighted by molar-refractivity contribution is 0.180. The van der Waals surface area contributed by atoms with Crippen molar-refractivity contribution in [2.75, 3.05) is 7.05 Å². The molecule has 0 aromatic heterocycles. The maximum Gasteiger partial charge on any atom is -0.000111 e. The van der Waals surface area contributed by atoms with E-state index in [4.69, 9.17) is 5.84 Å². The third kappa shape index (κ3) is 38.4. The first kappa shape index (κ1) is 39.4. The highest BCUT2D eigenvalue weighted by Gasteiger charge is 1.86. The van der Waals surface area contributed by atoms with Crippen LogP contribution in [0.2, 0.25) is 0 Å². The van der Waals surface area contributed by atoms with Gasteiger partial charge in [0, 0.05) is 0 Å². The van der Waals surface area contributed by atoms with E-state index in [2.05, 4.69) is 216 Å². The largest absolute Gasteiger partial charge is 0.257 e. The van der Waals surface area contributed by atoms with E-state index >= 15 is 0 Å². The van der Waals surface area contributed by atoms with Crippen LogP contribution in [0, 0.1) is 0 Å². The molecule has 0 heterocycles. The van der Waals surface area contributed by atoms with Gasteiger partial charge in [-0.05, 0) is 7.05 Å². The summed E-state index contributed by atoms with van der Waals surface area (Å²) >= 11 is 0. The topological polar surface area (TPSA) is 495 Å². The number of rotatable bonds is 38. The van der Waals surface area contributed by atoms with Gasteiger partial charge in [-0.2, -0.15) is 210 Å². The lowest BCUT2D eigenvalue weighted by atomic mass is 11.5. The Morgan fingerprint density at radius 1 is 0.195 bits per heavy atom. The van der Waals surface area contributed by atoms with Crippen LogP contribution in [0.3, 0.4) is 0 Å². The van der Waals surface area contributed by atoms with Crippen LogP contribution in [0.1, 0.15) is 0 Å². The van der Waals surface area contributed by atoms with E-state index in [1.807, 2.05) is 0 Å². The molecule has 0 aromatic rings. The van der Waals surface area contributed by atoms with Crippen LogP contribution in [0.4, 0.5) is 0 Å². The highest BCUT2D eigenvalue weighted by molar-refractivity contribution is 4.20. The van der Waals surface area contributed by atoms with E-state index in [0.717, 1.165) is 0 Å². The zero-order valence-electron chi connectivity index (χ0n) is 21.1. The monoisotopic (exact) mass is 616 g/mol. The van der Waals surface area contributed by atoms with Crippen molar-refractivity contribution in [3.05, 3.63) is 0 Å². The summed E-state index contributed by atoms with van der Waals surface area (Å²) in [7, 11) is 1.69. The van der Waals surface area contributed by atoms with Gasteiger partial charge < -0.3 is 0 Å². The average Bonchev–Trinajstić information content (AvgIpc) is 2.98. The molecule has 0 spiro atoms. The number of hydrogen-bond acceptors (Lipinski definition) is 40.